The Morgan fingerprint density at radius 3 is 2.68 bits per heavy atom. The van der Waals surface area contributed by atoms with Crippen LogP contribution in [-0.4, -0.2) is 46.5 Å². The number of anilines is 1. The Hall–Kier alpha value is -4.63. The maximum Gasteiger partial charge on any atom is 0.178 e. The average Bonchev–Trinajstić information content (AvgIpc) is 3.51. The van der Waals surface area contributed by atoms with Crippen molar-refractivity contribution in [2.24, 2.45) is 5.41 Å². The van der Waals surface area contributed by atoms with E-state index in [-0.39, 0.29) is 5.41 Å². The number of benzene rings is 1. The van der Waals surface area contributed by atoms with E-state index in [0.717, 1.165) is 44.5 Å². The van der Waals surface area contributed by atoms with Crippen molar-refractivity contribution in [2.45, 2.75) is 33.4 Å². The summed E-state index contributed by atoms with van der Waals surface area (Å²) in [6.45, 7) is 6.30. The Morgan fingerprint density at radius 1 is 0.974 bits per heavy atom. The highest BCUT2D eigenvalue weighted by Gasteiger charge is 2.18. The molecule has 0 aliphatic rings. The van der Waals surface area contributed by atoms with E-state index in [0.29, 0.717) is 23.6 Å². The van der Waals surface area contributed by atoms with E-state index >= 15 is 0 Å². The molecular weight excluding hydrogens is 476 g/mol. The van der Waals surface area contributed by atoms with Crippen molar-refractivity contribution in [1.29, 1.82) is 0 Å². The van der Waals surface area contributed by atoms with Crippen LogP contribution in [0.5, 0.6) is 0 Å². The zero-order chi connectivity index (χ0) is 26.3. The molecule has 0 spiro atoms. The predicted octanol–water partition coefficient (Wildman–Crippen LogP) is 5.79. The summed E-state index contributed by atoms with van der Waals surface area (Å²) in [5.74, 6) is 0.623. The van der Waals surface area contributed by atoms with E-state index in [2.05, 4.69) is 62.3 Å². The molecule has 0 bridgehead atoms. The first-order valence-corrected chi connectivity index (χ1v) is 12.5. The van der Waals surface area contributed by atoms with Gasteiger partial charge in [0.25, 0.3) is 0 Å². The number of imidazole rings is 1. The van der Waals surface area contributed by atoms with E-state index < -0.39 is 6.23 Å². The SMILES string of the molecule is CC(C)(C)CC(O)Nc1cncc(-c2ccc3[nH]nc(-c4nc5nccc(-c6ccccn6)c5[nH]4)c3c2)c1. The molecule has 6 aromatic rings. The average molecular weight is 505 g/mol. The summed E-state index contributed by atoms with van der Waals surface area (Å²) in [5, 5.41) is 22.2. The minimum Gasteiger partial charge on any atom is -0.374 e. The van der Waals surface area contributed by atoms with E-state index in [4.69, 9.17) is 4.98 Å². The van der Waals surface area contributed by atoms with Crippen LogP contribution in [0.25, 0.3) is 56.0 Å². The molecule has 0 aliphatic carbocycles. The van der Waals surface area contributed by atoms with Crippen molar-refractivity contribution in [3.8, 4) is 33.9 Å². The second kappa shape index (κ2) is 9.35. The van der Waals surface area contributed by atoms with Crippen molar-refractivity contribution in [1.82, 2.24) is 35.1 Å². The molecule has 9 heteroatoms. The fourth-order valence-electron chi connectivity index (χ4n) is 4.63. The van der Waals surface area contributed by atoms with Crippen molar-refractivity contribution >= 4 is 27.8 Å². The molecule has 6 rings (SSSR count). The van der Waals surface area contributed by atoms with Gasteiger partial charge in [-0.25, -0.2) is 9.97 Å². The van der Waals surface area contributed by atoms with E-state index in [1.54, 1.807) is 18.6 Å². The van der Waals surface area contributed by atoms with Gasteiger partial charge in [-0.3, -0.25) is 15.1 Å². The Morgan fingerprint density at radius 2 is 1.87 bits per heavy atom. The number of hydrogen-bond acceptors (Lipinski definition) is 7. The molecule has 1 atom stereocenters. The van der Waals surface area contributed by atoms with Gasteiger partial charge >= 0.3 is 0 Å². The second-order valence-electron chi connectivity index (χ2n) is 10.6. The fraction of sp³-hybridized carbons (Fsp3) is 0.207. The third-order valence-electron chi connectivity index (χ3n) is 6.33. The Labute approximate surface area is 219 Å². The lowest BCUT2D eigenvalue weighted by atomic mass is 9.91. The van der Waals surface area contributed by atoms with Gasteiger partial charge in [0.05, 0.1) is 28.6 Å². The number of aromatic amines is 2. The van der Waals surface area contributed by atoms with Gasteiger partial charge in [0.1, 0.15) is 11.9 Å². The van der Waals surface area contributed by atoms with Crippen molar-refractivity contribution in [3.63, 3.8) is 0 Å². The van der Waals surface area contributed by atoms with Crippen LogP contribution in [0.15, 0.2) is 73.3 Å². The molecule has 1 unspecified atom stereocenters. The molecule has 38 heavy (non-hydrogen) atoms. The second-order valence-corrected chi connectivity index (χ2v) is 10.6. The van der Waals surface area contributed by atoms with Gasteiger partial charge in [0.15, 0.2) is 11.5 Å². The number of H-pyrrole nitrogens is 2. The third kappa shape index (κ3) is 4.71. The van der Waals surface area contributed by atoms with E-state index in [1.165, 1.54) is 0 Å². The first-order valence-electron chi connectivity index (χ1n) is 12.5. The molecule has 5 heterocycles. The molecule has 1 aromatic carbocycles. The number of nitrogens with zero attached hydrogens (tertiary/aromatic N) is 5. The Bertz CT molecular complexity index is 1730. The molecule has 0 fully saturated rings. The Kier molecular flexibility index (Phi) is 5.84. The summed E-state index contributed by atoms with van der Waals surface area (Å²) < 4.78 is 0. The molecule has 0 radical (unpaired) electrons. The number of aliphatic hydroxyl groups is 1. The number of aromatic nitrogens is 7. The summed E-state index contributed by atoms with van der Waals surface area (Å²) in [5.41, 5.74) is 7.46. The van der Waals surface area contributed by atoms with E-state index in [1.807, 2.05) is 48.7 Å². The number of rotatable bonds is 6. The molecule has 190 valence electrons. The summed E-state index contributed by atoms with van der Waals surface area (Å²) in [6.07, 6.45) is 7.00. The lowest BCUT2D eigenvalue weighted by molar-refractivity contribution is 0.145. The zero-order valence-corrected chi connectivity index (χ0v) is 21.4. The standard InChI is InChI=1S/C29H28N8O/c1-29(2,3)14-24(38)33-19-12-18(15-30-16-19)17-7-8-23-21(13-17)26(37-36-23)28-34-25-20(9-11-32-27(25)35-28)22-6-4-5-10-31-22/h4-13,15-16,24,33,38H,14H2,1-3H3,(H,36,37)(H,32,34,35). The minimum atomic E-state index is -0.660. The van der Waals surface area contributed by atoms with Crippen molar-refractivity contribution in [2.75, 3.05) is 5.32 Å². The maximum absolute atomic E-state index is 10.5. The fourth-order valence-corrected chi connectivity index (χ4v) is 4.63. The van der Waals surface area contributed by atoms with E-state index in [9.17, 15) is 5.11 Å². The molecule has 9 nitrogen and oxygen atoms in total. The summed E-state index contributed by atoms with van der Waals surface area (Å²) in [7, 11) is 0. The largest absolute Gasteiger partial charge is 0.374 e. The molecule has 0 saturated heterocycles. The summed E-state index contributed by atoms with van der Waals surface area (Å²) in [6, 6.07) is 15.8. The predicted molar refractivity (Wildman–Crippen MR) is 149 cm³/mol. The van der Waals surface area contributed by atoms with Gasteiger partial charge in [-0.15, -0.1) is 0 Å². The van der Waals surface area contributed by atoms with Crippen molar-refractivity contribution < 1.29 is 5.11 Å². The molecule has 0 saturated carbocycles. The third-order valence-corrected chi connectivity index (χ3v) is 6.33. The van der Waals surface area contributed by atoms with Crippen LogP contribution in [0.1, 0.15) is 27.2 Å². The lowest BCUT2D eigenvalue weighted by Crippen LogP contribution is -2.25. The highest BCUT2D eigenvalue weighted by Crippen LogP contribution is 2.32. The number of aliphatic hydroxyl groups excluding tert-OH is 1. The van der Waals surface area contributed by atoms with Gasteiger partial charge in [0, 0.05) is 35.1 Å². The van der Waals surface area contributed by atoms with Crippen LogP contribution >= 0.6 is 0 Å². The topological polar surface area (TPSA) is 128 Å². The van der Waals surface area contributed by atoms with Crippen molar-refractivity contribution in [3.05, 3.63) is 73.3 Å². The number of nitrogens with one attached hydrogen (secondary N) is 3. The molecule has 5 aromatic heterocycles. The minimum absolute atomic E-state index is 0.00468. The number of fused-ring (bicyclic) bond motifs is 2. The quantitative estimate of drug-likeness (QED) is 0.211. The van der Waals surface area contributed by atoms with Crippen LogP contribution < -0.4 is 5.32 Å². The van der Waals surface area contributed by atoms with Crippen LogP contribution in [0.4, 0.5) is 5.69 Å². The number of pyridine rings is 3. The van der Waals surface area contributed by atoms with Crippen LogP contribution in [0, 0.1) is 5.41 Å². The molecule has 0 aliphatic heterocycles. The van der Waals surface area contributed by atoms with Gasteiger partial charge in [-0.2, -0.15) is 5.10 Å². The highest BCUT2D eigenvalue weighted by atomic mass is 16.3. The summed E-state index contributed by atoms with van der Waals surface area (Å²) >= 11 is 0. The zero-order valence-electron chi connectivity index (χ0n) is 21.4. The normalized spacial score (nSPS) is 12.7. The van der Waals surface area contributed by atoms with Gasteiger partial charge in [-0.1, -0.05) is 32.9 Å². The van der Waals surface area contributed by atoms with Gasteiger partial charge in [-0.05, 0) is 53.8 Å². The number of hydrogen-bond donors (Lipinski definition) is 4. The first kappa shape index (κ1) is 23.7. The van der Waals surface area contributed by atoms with Gasteiger partial charge in [0.2, 0.25) is 0 Å². The molecule has 4 N–H and O–H groups in total. The molecular formula is C29H28N8O. The van der Waals surface area contributed by atoms with Gasteiger partial charge < -0.3 is 15.4 Å². The lowest BCUT2D eigenvalue weighted by Gasteiger charge is -2.23. The van der Waals surface area contributed by atoms with Crippen LogP contribution in [-0.2, 0) is 0 Å². The monoisotopic (exact) mass is 504 g/mol. The maximum atomic E-state index is 10.5. The van der Waals surface area contributed by atoms with Crippen LogP contribution in [0.2, 0.25) is 0 Å². The highest BCUT2D eigenvalue weighted by molar-refractivity contribution is 5.97. The smallest absolute Gasteiger partial charge is 0.178 e. The van der Waals surface area contributed by atoms with Crippen LogP contribution in [0.3, 0.4) is 0 Å². The first-order chi connectivity index (χ1) is 18.3. The summed E-state index contributed by atoms with van der Waals surface area (Å²) in [4.78, 5) is 21.5. The Balaban J connectivity index is 1.36. The molecule has 0 amide bonds.